The number of hydrogen-bond donors (Lipinski definition) is 2. The highest BCUT2D eigenvalue weighted by atomic mass is 16.3. The molecule has 3 heteroatoms. The van der Waals surface area contributed by atoms with Gasteiger partial charge in [0.05, 0.1) is 0 Å². The molecule has 0 bridgehead atoms. The van der Waals surface area contributed by atoms with Crippen LogP contribution in [0, 0.1) is 0 Å². The van der Waals surface area contributed by atoms with Crippen LogP contribution in [0.1, 0.15) is 11.1 Å². The average molecular weight is 206 g/mol. The van der Waals surface area contributed by atoms with E-state index in [-0.39, 0.29) is 0 Å². The molecule has 2 rings (SSSR count). The number of phenolic OH excluding ortho intramolecular Hbond substituents is 1. The van der Waals surface area contributed by atoms with Crippen molar-refractivity contribution in [3.05, 3.63) is 23.3 Å². The van der Waals surface area contributed by atoms with Gasteiger partial charge in [0.1, 0.15) is 5.75 Å². The second-order valence-corrected chi connectivity index (χ2v) is 4.10. The third-order valence-electron chi connectivity index (χ3n) is 3.09. The highest BCUT2D eigenvalue weighted by Gasteiger charge is 2.20. The van der Waals surface area contributed by atoms with Crippen LogP contribution in [0.4, 0.5) is 5.69 Å². The molecule has 0 radical (unpaired) electrons. The Hall–Kier alpha value is -1.22. The molecule has 0 aliphatic carbocycles. The zero-order valence-corrected chi connectivity index (χ0v) is 9.38. The molecule has 0 atom stereocenters. The van der Waals surface area contributed by atoms with E-state index < -0.39 is 0 Å². The van der Waals surface area contributed by atoms with Crippen molar-refractivity contribution in [1.29, 1.82) is 0 Å². The van der Waals surface area contributed by atoms with Crippen LogP contribution in [0.5, 0.6) is 5.75 Å². The third kappa shape index (κ3) is 1.79. The van der Waals surface area contributed by atoms with Crippen molar-refractivity contribution >= 4 is 5.69 Å². The molecule has 0 aromatic heterocycles. The van der Waals surface area contributed by atoms with Crippen LogP contribution in [0.3, 0.4) is 0 Å². The minimum absolute atomic E-state index is 0.507. The van der Waals surface area contributed by atoms with Crippen LogP contribution in [0.15, 0.2) is 12.1 Å². The van der Waals surface area contributed by atoms with Gasteiger partial charge in [-0.05, 0) is 38.1 Å². The summed E-state index contributed by atoms with van der Waals surface area (Å²) in [5.41, 5.74) is 3.35. The van der Waals surface area contributed by atoms with Crippen LogP contribution in [0.25, 0.3) is 0 Å². The first-order valence-corrected chi connectivity index (χ1v) is 5.43. The molecule has 82 valence electrons. The van der Waals surface area contributed by atoms with E-state index in [0.29, 0.717) is 5.75 Å². The number of aromatic hydroxyl groups is 1. The maximum atomic E-state index is 10.1. The fourth-order valence-corrected chi connectivity index (χ4v) is 2.14. The van der Waals surface area contributed by atoms with Gasteiger partial charge in [0.2, 0.25) is 0 Å². The number of hydrogen-bond acceptors (Lipinski definition) is 3. The molecule has 0 fully saturated rings. The number of nitrogens with one attached hydrogen (secondary N) is 1. The highest BCUT2D eigenvalue weighted by molar-refractivity contribution is 5.64. The molecular weight excluding hydrogens is 188 g/mol. The van der Waals surface area contributed by atoms with Gasteiger partial charge < -0.3 is 15.3 Å². The van der Waals surface area contributed by atoms with Gasteiger partial charge in [-0.3, -0.25) is 0 Å². The summed E-state index contributed by atoms with van der Waals surface area (Å²) in [6.07, 6.45) is 1.85. The summed E-state index contributed by atoms with van der Waals surface area (Å²) in [4.78, 5) is 2.19. The van der Waals surface area contributed by atoms with Crippen molar-refractivity contribution in [3.8, 4) is 5.75 Å². The van der Waals surface area contributed by atoms with Crippen LogP contribution >= 0.6 is 0 Å². The second kappa shape index (κ2) is 4.11. The number of benzene rings is 1. The van der Waals surface area contributed by atoms with Gasteiger partial charge in [0, 0.05) is 24.8 Å². The summed E-state index contributed by atoms with van der Waals surface area (Å²) in [7, 11) is 4.00. The van der Waals surface area contributed by atoms with Gasteiger partial charge in [-0.1, -0.05) is 6.07 Å². The Balaban J connectivity index is 2.29. The molecule has 1 aromatic carbocycles. The fourth-order valence-electron chi connectivity index (χ4n) is 2.14. The summed E-state index contributed by atoms with van der Waals surface area (Å²) in [6.45, 7) is 1.92. The number of rotatable bonds is 3. The monoisotopic (exact) mass is 206 g/mol. The predicted molar refractivity (Wildman–Crippen MR) is 62.7 cm³/mol. The summed E-state index contributed by atoms with van der Waals surface area (Å²) < 4.78 is 0. The number of nitrogens with zero attached hydrogens (tertiary/aromatic N) is 1. The minimum Gasteiger partial charge on any atom is -0.507 e. The van der Waals surface area contributed by atoms with E-state index in [0.717, 1.165) is 37.1 Å². The molecule has 0 saturated heterocycles. The summed E-state index contributed by atoms with van der Waals surface area (Å²) in [6, 6.07) is 4.15. The van der Waals surface area contributed by atoms with E-state index in [1.54, 1.807) is 0 Å². The largest absolute Gasteiger partial charge is 0.507 e. The van der Waals surface area contributed by atoms with E-state index in [2.05, 4.69) is 23.3 Å². The van der Waals surface area contributed by atoms with E-state index in [4.69, 9.17) is 0 Å². The van der Waals surface area contributed by atoms with E-state index in [1.165, 1.54) is 5.69 Å². The lowest BCUT2D eigenvalue weighted by Gasteiger charge is -2.13. The smallest absolute Gasteiger partial charge is 0.124 e. The van der Waals surface area contributed by atoms with Gasteiger partial charge in [0.15, 0.2) is 0 Å². The topological polar surface area (TPSA) is 35.5 Å². The normalized spacial score (nSPS) is 14.4. The molecule has 1 aliphatic rings. The third-order valence-corrected chi connectivity index (χ3v) is 3.09. The lowest BCUT2D eigenvalue weighted by atomic mass is 10.0. The standard InChI is InChI=1S/C12H18N2O/c1-13-7-5-9-3-4-11-10(12(9)15)6-8-14(11)2/h3-4,13,15H,5-8H2,1-2H3. The number of fused-ring (bicyclic) bond motifs is 1. The van der Waals surface area contributed by atoms with Crippen LogP contribution in [0.2, 0.25) is 0 Å². The van der Waals surface area contributed by atoms with E-state index in [9.17, 15) is 5.11 Å². The van der Waals surface area contributed by atoms with Crippen LogP contribution in [-0.2, 0) is 12.8 Å². The van der Waals surface area contributed by atoms with Gasteiger partial charge in [-0.15, -0.1) is 0 Å². The van der Waals surface area contributed by atoms with Crippen molar-refractivity contribution in [3.63, 3.8) is 0 Å². The Bertz CT molecular complexity index is 363. The molecule has 1 aliphatic heterocycles. The van der Waals surface area contributed by atoms with Crippen molar-refractivity contribution in [2.45, 2.75) is 12.8 Å². The molecule has 0 spiro atoms. The highest BCUT2D eigenvalue weighted by Crippen LogP contribution is 2.36. The first kappa shape index (κ1) is 10.3. The molecule has 0 saturated carbocycles. The zero-order chi connectivity index (χ0) is 10.8. The van der Waals surface area contributed by atoms with Crippen molar-refractivity contribution in [2.75, 3.05) is 32.1 Å². The summed E-state index contributed by atoms with van der Waals surface area (Å²) >= 11 is 0. The predicted octanol–water partition coefficient (Wildman–Crippen LogP) is 1.15. The minimum atomic E-state index is 0.507. The summed E-state index contributed by atoms with van der Waals surface area (Å²) in [5.74, 6) is 0.507. The Labute approximate surface area is 90.7 Å². The number of likely N-dealkylation sites (N-methyl/N-ethyl adjacent to an activating group) is 2. The number of phenols is 1. The maximum absolute atomic E-state index is 10.1. The fraction of sp³-hybridized carbons (Fsp3) is 0.500. The first-order valence-electron chi connectivity index (χ1n) is 5.43. The molecule has 0 amide bonds. The SMILES string of the molecule is CNCCc1ccc2c(c1O)CCN2C. The maximum Gasteiger partial charge on any atom is 0.124 e. The van der Waals surface area contributed by atoms with E-state index >= 15 is 0 Å². The molecular formula is C12H18N2O. The van der Waals surface area contributed by atoms with Crippen molar-refractivity contribution < 1.29 is 5.11 Å². The zero-order valence-electron chi connectivity index (χ0n) is 9.38. The molecule has 0 unspecified atom stereocenters. The second-order valence-electron chi connectivity index (χ2n) is 4.10. The van der Waals surface area contributed by atoms with Crippen molar-refractivity contribution in [1.82, 2.24) is 5.32 Å². The molecule has 2 N–H and O–H groups in total. The molecule has 15 heavy (non-hydrogen) atoms. The van der Waals surface area contributed by atoms with Crippen LogP contribution < -0.4 is 10.2 Å². The number of anilines is 1. The molecule has 1 aromatic rings. The molecule has 3 nitrogen and oxygen atoms in total. The van der Waals surface area contributed by atoms with Gasteiger partial charge >= 0.3 is 0 Å². The Kier molecular flexibility index (Phi) is 2.82. The Morgan fingerprint density at radius 2 is 2.27 bits per heavy atom. The van der Waals surface area contributed by atoms with Gasteiger partial charge in [-0.2, -0.15) is 0 Å². The van der Waals surface area contributed by atoms with Gasteiger partial charge in [-0.25, -0.2) is 0 Å². The average Bonchev–Trinajstić information content (AvgIpc) is 2.61. The lowest BCUT2D eigenvalue weighted by molar-refractivity contribution is 0.462. The van der Waals surface area contributed by atoms with Crippen LogP contribution in [-0.4, -0.2) is 32.3 Å². The van der Waals surface area contributed by atoms with Gasteiger partial charge in [0.25, 0.3) is 0 Å². The molecule has 1 heterocycles. The van der Waals surface area contributed by atoms with Crippen molar-refractivity contribution in [2.24, 2.45) is 0 Å². The quantitative estimate of drug-likeness (QED) is 0.778. The van der Waals surface area contributed by atoms with E-state index in [1.807, 2.05) is 13.1 Å². The Morgan fingerprint density at radius 1 is 1.47 bits per heavy atom. The summed E-state index contributed by atoms with van der Waals surface area (Å²) in [5, 5.41) is 13.2. The Morgan fingerprint density at radius 3 is 3.00 bits per heavy atom. The first-order chi connectivity index (χ1) is 7.24. The lowest BCUT2D eigenvalue weighted by Crippen LogP contribution is -2.12.